The molecule has 0 aromatic heterocycles. The molecule has 3 aliphatic rings. The molecule has 2 aliphatic carbocycles. The lowest BCUT2D eigenvalue weighted by Crippen LogP contribution is -2.45. The fourth-order valence-corrected chi connectivity index (χ4v) is 5.35. The van der Waals surface area contributed by atoms with Gasteiger partial charge in [0.05, 0.1) is 12.8 Å². The number of aliphatic imine (C=N–C) groups is 1. The molecular weight excluding hydrogens is 360 g/mol. The van der Waals surface area contributed by atoms with Crippen molar-refractivity contribution >= 4 is 11.6 Å². The molecule has 29 heavy (non-hydrogen) atoms. The third-order valence-corrected chi connectivity index (χ3v) is 6.89. The Bertz CT molecular complexity index is 911. The van der Waals surface area contributed by atoms with Crippen molar-refractivity contribution in [1.82, 2.24) is 10.6 Å². The van der Waals surface area contributed by atoms with Crippen molar-refractivity contribution in [2.45, 2.75) is 24.8 Å². The Morgan fingerprint density at radius 3 is 2.86 bits per heavy atom. The minimum absolute atomic E-state index is 0.394. The Hall–Kier alpha value is -2.69. The first kappa shape index (κ1) is 18.3. The Balaban J connectivity index is 1.14. The molecule has 2 aromatic carbocycles. The highest BCUT2D eigenvalue weighted by molar-refractivity contribution is 5.80. The predicted octanol–water partition coefficient (Wildman–Crippen LogP) is 3.02. The highest BCUT2D eigenvalue weighted by atomic mass is 16.5. The Kier molecular flexibility index (Phi) is 4.82. The molecule has 2 fully saturated rings. The maximum absolute atomic E-state index is 5.53. The van der Waals surface area contributed by atoms with E-state index >= 15 is 0 Å². The van der Waals surface area contributed by atoms with Crippen LogP contribution in [0.15, 0.2) is 53.5 Å². The summed E-state index contributed by atoms with van der Waals surface area (Å²) in [6.07, 6.45) is 2.34. The van der Waals surface area contributed by atoms with Gasteiger partial charge in [-0.25, -0.2) is 0 Å². The summed E-state index contributed by atoms with van der Waals surface area (Å²) in [4.78, 5) is 6.87. The van der Waals surface area contributed by atoms with E-state index in [1.54, 1.807) is 18.2 Å². The van der Waals surface area contributed by atoms with E-state index in [2.05, 4.69) is 56.9 Å². The van der Waals surface area contributed by atoms with E-state index in [1.165, 1.54) is 12.1 Å². The molecule has 152 valence electrons. The van der Waals surface area contributed by atoms with Gasteiger partial charge in [-0.2, -0.15) is 0 Å². The van der Waals surface area contributed by atoms with Crippen LogP contribution >= 0.6 is 0 Å². The second kappa shape index (κ2) is 7.62. The zero-order valence-corrected chi connectivity index (χ0v) is 17.3. The van der Waals surface area contributed by atoms with Crippen molar-refractivity contribution in [3.05, 3.63) is 59.7 Å². The third-order valence-electron chi connectivity index (χ3n) is 6.89. The monoisotopic (exact) mass is 390 g/mol. The van der Waals surface area contributed by atoms with Crippen LogP contribution in [0, 0.1) is 11.8 Å². The molecule has 0 radical (unpaired) electrons. The number of hydrogen-bond donors (Lipinski definition) is 2. The predicted molar refractivity (Wildman–Crippen MR) is 118 cm³/mol. The van der Waals surface area contributed by atoms with Crippen LogP contribution in [0.2, 0.25) is 0 Å². The Morgan fingerprint density at radius 1 is 1.17 bits per heavy atom. The summed E-state index contributed by atoms with van der Waals surface area (Å²) in [7, 11) is 3.60. The number of rotatable bonds is 5. The van der Waals surface area contributed by atoms with Crippen LogP contribution in [0.5, 0.6) is 5.75 Å². The third kappa shape index (κ3) is 3.43. The van der Waals surface area contributed by atoms with E-state index in [9.17, 15) is 0 Å². The zero-order valence-electron chi connectivity index (χ0n) is 17.3. The number of benzene rings is 2. The van der Waals surface area contributed by atoms with E-state index in [-0.39, 0.29) is 0 Å². The average molecular weight is 391 g/mol. The molecule has 0 spiro atoms. The van der Waals surface area contributed by atoms with Gasteiger partial charge in [0.25, 0.3) is 0 Å². The number of methoxy groups -OCH3 is 1. The van der Waals surface area contributed by atoms with Gasteiger partial charge >= 0.3 is 0 Å². The molecular formula is C24H30N4O. The van der Waals surface area contributed by atoms with Gasteiger partial charge < -0.3 is 20.3 Å². The van der Waals surface area contributed by atoms with Gasteiger partial charge in [0.15, 0.2) is 5.96 Å². The lowest BCUT2D eigenvalue weighted by atomic mass is 10.0. The first-order valence-electron chi connectivity index (χ1n) is 10.7. The number of hydrogen-bond acceptors (Lipinski definition) is 3. The number of fused-ring (bicyclic) bond motifs is 3. The van der Waals surface area contributed by atoms with Crippen molar-refractivity contribution in [3.8, 4) is 5.75 Å². The maximum atomic E-state index is 5.53. The van der Waals surface area contributed by atoms with E-state index < -0.39 is 0 Å². The Morgan fingerprint density at radius 2 is 2.00 bits per heavy atom. The lowest BCUT2D eigenvalue weighted by Gasteiger charge is -2.22. The molecule has 2 N–H and O–H groups in total. The molecule has 1 saturated heterocycles. The van der Waals surface area contributed by atoms with Crippen molar-refractivity contribution in [1.29, 1.82) is 0 Å². The molecule has 4 atom stereocenters. The molecule has 5 nitrogen and oxygen atoms in total. The highest BCUT2D eigenvalue weighted by Crippen LogP contribution is 2.60. The molecule has 0 amide bonds. The van der Waals surface area contributed by atoms with E-state index in [0.29, 0.717) is 6.04 Å². The summed E-state index contributed by atoms with van der Waals surface area (Å²) >= 11 is 0. The van der Waals surface area contributed by atoms with Gasteiger partial charge in [0.1, 0.15) is 5.75 Å². The van der Waals surface area contributed by atoms with Crippen molar-refractivity contribution in [3.63, 3.8) is 0 Å². The minimum Gasteiger partial charge on any atom is -0.495 e. The van der Waals surface area contributed by atoms with Gasteiger partial charge in [-0.1, -0.05) is 36.4 Å². The van der Waals surface area contributed by atoms with Crippen LogP contribution in [0.1, 0.15) is 23.5 Å². The maximum Gasteiger partial charge on any atom is 0.191 e. The summed E-state index contributed by atoms with van der Waals surface area (Å²) in [5.74, 6) is 4.19. The van der Waals surface area contributed by atoms with Crippen molar-refractivity contribution in [2.24, 2.45) is 16.8 Å². The van der Waals surface area contributed by atoms with Gasteiger partial charge in [-0.05, 0) is 53.9 Å². The first-order chi connectivity index (χ1) is 14.3. The van der Waals surface area contributed by atoms with Crippen LogP contribution in [0.4, 0.5) is 5.69 Å². The zero-order chi connectivity index (χ0) is 19.8. The number of guanidine groups is 1. The fraction of sp³-hybridized carbons (Fsp3) is 0.458. The summed E-state index contributed by atoms with van der Waals surface area (Å²) in [5, 5.41) is 7.22. The quantitative estimate of drug-likeness (QED) is 0.609. The fourth-order valence-electron chi connectivity index (χ4n) is 5.35. The second-order valence-corrected chi connectivity index (χ2v) is 8.46. The second-order valence-electron chi connectivity index (χ2n) is 8.46. The molecule has 5 heteroatoms. The Labute approximate surface area is 173 Å². The first-order valence-corrected chi connectivity index (χ1v) is 10.7. The van der Waals surface area contributed by atoms with E-state index in [0.717, 1.165) is 55.5 Å². The van der Waals surface area contributed by atoms with Crippen molar-refractivity contribution in [2.75, 3.05) is 38.7 Å². The summed E-state index contributed by atoms with van der Waals surface area (Å²) in [5.41, 5.74) is 4.31. The smallest absolute Gasteiger partial charge is 0.191 e. The van der Waals surface area contributed by atoms with E-state index in [4.69, 9.17) is 4.74 Å². The number of ether oxygens (including phenoxy) is 1. The standard InChI is InChI=1S/C24H30N4O/c1-25-24(26-14-20-19-13-16-7-3-4-8-18(16)23(19)20)27-17-11-12-28(15-17)21-9-5-6-10-22(21)29-2/h3-10,17,19-20,23H,11-15H2,1-2H3,(H2,25,26,27). The number of nitrogens with one attached hydrogen (secondary N) is 2. The molecule has 0 bridgehead atoms. The van der Waals surface area contributed by atoms with Gasteiger partial charge in [-0.15, -0.1) is 0 Å². The van der Waals surface area contributed by atoms with Gasteiger partial charge in [0, 0.05) is 32.7 Å². The number of para-hydroxylation sites is 2. The normalized spacial score (nSPS) is 27.4. The molecule has 5 rings (SSSR count). The van der Waals surface area contributed by atoms with Crippen LogP contribution in [-0.4, -0.2) is 45.8 Å². The molecule has 1 aliphatic heterocycles. The van der Waals surface area contributed by atoms with Crippen LogP contribution < -0.4 is 20.3 Å². The van der Waals surface area contributed by atoms with Gasteiger partial charge in [-0.3, -0.25) is 4.99 Å². The minimum atomic E-state index is 0.394. The molecule has 2 aromatic rings. The molecule has 4 unspecified atom stereocenters. The summed E-state index contributed by atoms with van der Waals surface area (Å²) < 4.78 is 5.53. The molecule has 1 saturated carbocycles. The van der Waals surface area contributed by atoms with Crippen molar-refractivity contribution < 1.29 is 4.74 Å². The summed E-state index contributed by atoms with van der Waals surface area (Å²) in [6.45, 7) is 2.99. The highest BCUT2D eigenvalue weighted by Gasteiger charge is 2.54. The van der Waals surface area contributed by atoms with Crippen LogP contribution in [-0.2, 0) is 6.42 Å². The number of nitrogens with zero attached hydrogens (tertiary/aromatic N) is 2. The van der Waals surface area contributed by atoms with E-state index in [1.807, 2.05) is 19.2 Å². The lowest BCUT2D eigenvalue weighted by molar-refractivity contribution is 0.415. The van der Waals surface area contributed by atoms with Crippen LogP contribution in [0.25, 0.3) is 0 Å². The SMILES string of the molecule is CN=C(NCC1C2Cc3ccccc3C12)NC1CCN(c2ccccc2OC)C1. The topological polar surface area (TPSA) is 48.9 Å². The van der Waals surface area contributed by atoms with Gasteiger partial charge in [0.2, 0.25) is 0 Å². The number of anilines is 1. The molecule has 1 heterocycles. The average Bonchev–Trinajstić information content (AvgIpc) is 3.09. The van der Waals surface area contributed by atoms with Crippen LogP contribution in [0.3, 0.4) is 0 Å². The largest absolute Gasteiger partial charge is 0.495 e. The summed E-state index contributed by atoms with van der Waals surface area (Å²) in [6, 6.07) is 17.6.